The molecule has 0 aromatic heterocycles. The normalized spacial score (nSPS) is 23.3. The summed E-state index contributed by atoms with van der Waals surface area (Å²) in [5.74, 6) is -1.92. The monoisotopic (exact) mass is 529 g/mol. The van der Waals surface area contributed by atoms with Crippen molar-refractivity contribution < 1.29 is 9.59 Å². The van der Waals surface area contributed by atoms with Gasteiger partial charge < -0.3 is 10.6 Å². The van der Waals surface area contributed by atoms with Crippen LogP contribution in [0.2, 0.25) is 15.1 Å². The van der Waals surface area contributed by atoms with Gasteiger partial charge in [0.25, 0.3) is 5.91 Å². The zero-order valence-electron chi connectivity index (χ0n) is 16.4. The molecule has 2 amide bonds. The minimum atomic E-state index is -1.61. The van der Waals surface area contributed by atoms with Crippen molar-refractivity contribution >= 4 is 69.8 Å². The van der Waals surface area contributed by atoms with E-state index in [1.165, 1.54) is 17.0 Å². The van der Waals surface area contributed by atoms with Gasteiger partial charge in [-0.3, -0.25) is 9.59 Å². The molecule has 2 aliphatic rings. The maximum absolute atomic E-state index is 13.2. The Labute approximate surface area is 209 Å². The van der Waals surface area contributed by atoms with Gasteiger partial charge in [0.05, 0.1) is 16.7 Å². The van der Waals surface area contributed by atoms with Crippen LogP contribution < -0.4 is 5.73 Å². The van der Waals surface area contributed by atoms with Gasteiger partial charge in [-0.25, -0.2) is 0 Å². The van der Waals surface area contributed by atoms with Gasteiger partial charge in [-0.2, -0.15) is 5.26 Å². The number of carbonyl (C=O) groups excluding carboxylic acids is 2. The topological polar surface area (TPSA) is 87.2 Å². The van der Waals surface area contributed by atoms with E-state index in [0.717, 1.165) is 12.8 Å². The van der Waals surface area contributed by atoms with E-state index in [4.69, 9.17) is 69.0 Å². The molecule has 2 aromatic carbocycles. The molecule has 0 heterocycles. The highest BCUT2D eigenvalue weighted by Gasteiger charge is 2.80. The van der Waals surface area contributed by atoms with Crippen LogP contribution in [0.3, 0.4) is 0 Å². The molecule has 2 unspecified atom stereocenters. The van der Waals surface area contributed by atoms with Gasteiger partial charge in [-0.1, -0.05) is 64.1 Å². The van der Waals surface area contributed by atoms with Crippen molar-refractivity contribution in [2.24, 2.45) is 5.73 Å². The molecule has 0 aliphatic heterocycles. The SMILES string of the molecule is N#CCN(C(=O)c1cc(C2(C(N)=O)C(c3cc(Cl)cc(Cl)c3)C2(Cl)Cl)ccc1Cl)C1CC1. The number of alkyl halides is 2. The quantitative estimate of drug-likeness (QED) is 0.396. The lowest BCUT2D eigenvalue weighted by Gasteiger charge is -2.22. The molecule has 2 aromatic rings. The van der Waals surface area contributed by atoms with Crippen LogP contribution in [0.15, 0.2) is 36.4 Å². The number of nitrogens with two attached hydrogens (primary N) is 1. The highest BCUT2D eigenvalue weighted by molar-refractivity contribution is 6.55. The fraction of sp³-hybridized carbons (Fsp3) is 0.318. The summed E-state index contributed by atoms with van der Waals surface area (Å²) in [5.41, 5.74) is 5.32. The fourth-order valence-corrected chi connectivity index (χ4v) is 6.17. The van der Waals surface area contributed by atoms with Gasteiger partial charge in [0.2, 0.25) is 5.91 Å². The van der Waals surface area contributed by atoms with Crippen LogP contribution in [0, 0.1) is 11.3 Å². The molecule has 2 N–H and O–H groups in total. The van der Waals surface area contributed by atoms with Crippen LogP contribution in [-0.2, 0) is 10.2 Å². The Kier molecular flexibility index (Phi) is 6.07. The molecular weight excluding hydrogens is 516 g/mol. The van der Waals surface area contributed by atoms with Crippen molar-refractivity contribution in [1.82, 2.24) is 4.90 Å². The Morgan fingerprint density at radius 3 is 2.25 bits per heavy atom. The fourth-order valence-electron chi connectivity index (χ4n) is 4.33. The Bertz CT molecular complexity index is 1150. The van der Waals surface area contributed by atoms with Gasteiger partial charge in [-0.15, -0.1) is 0 Å². The summed E-state index contributed by atoms with van der Waals surface area (Å²) in [5, 5.41) is 10.0. The number of benzene rings is 2. The first kappa shape index (κ1) is 23.5. The van der Waals surface area contributed by atoms with Crippen LogP contribution in [0.5, 0.6) is 0 Å². The molecule has 10 heteroatoms. The van der Waals surface area contributed by atoms with Crippen LogP contribution in [0.4, 0.5) is 0 Å². The van der Waals surface area contributed by atoms with E-state index in [1.54, 1.807) is 24.3 Å². The molecule has 0 spiro atoms. The van der Waals surface area contributed by atoms with Crippen molar-refractivity contribution in [3.63, 3.8) is 0 Å². The number of hydrogen-bond acceptors (Lipinski definition) is 3. The smallest absolute Gasteiger partial charge is 0.256 e. The average molecular weight is 532 g/mol. The number of halogens is 5. The van der Waals surface area contributed by atoms with Crippen molar-refractivity contribution in [3.8, 4) is 6.07 Å². The Hall–Kier alpha value is -1.68. The van der Waals surface area contributed by atoms with Gasteiger partial charge in [0.15, 0.2) is 0 Å². The standard InChI is InChI=1S/C22H16Cl5N3O2/c23-13-7-11(8-14(24)10-13)18-21(20(29)32,22(18,26)27)12-1-4-17(25)16(9-12)19(31)30(6-5-28)15-2-3-15/h1,4,7-10,15,18H,2-3,6H2,(H2,29,32). The Morgan fingerprint density at radius 2 is 1.72 bits per heavy atom. The predicted molar refractivity (Wildman–Crippen MR) is 126 cm³/mol. The number of primary amides is 1. The van der Waals surface area contributed by atoms with Crippen LogP contribution in [0.1, 0.15) is 40.2 Å². The summed E-state index contributed by atoms with van der Waals surface area (Å²) in [7, 11) is 0. The highest BCUT2D eigenvalue weighted by atomic mass is 35.5. The molecule has 0 radical (unpaired) electrons. The number of nitrogens with zero attached hydrogens (tertiary/aromatic N) is 2. The molecular formula is C22H16Cl5N3O2. The van der Waals surface area contributed by atoms with Gasteiger partial charge in [0, 0.05) is 22.0 Å². The lowest BCUT2D eigenvalue weighted by atomic mass is 9.88. The predicted octanol–water partition coefficient (Wildman–Crippen LogP) is 5.47. The molecule has 32 heavy (non-hydrogen) atoms. The van der Waals surface area contributed by atoms with E-state index in [9.17, 15) is 9.59 Å². The van der Waals surface area contributed by atoms with E-state index in [2.05, 4.69) is 0 Å². The lowest BCUT2D eigenvalue weighted by molar-refractivity contribution is -0.120. The lowest BCUT2D eigenvalue weighted by Crippen LogP contribution is -2.36. The molecule has 2 aliphatic carbocycles. The van der Waals surface area contributed by atoms with Crippen molar-refractivity contribution in [3.05, 3.63) is 68.2 Å². The second-order valence-corrected chi connectivity index (χ2v) is 10.6. The van der Waals surface area contributed by atoms with E-state index in [-0.39, 0.29) is 23.2 Å². The number of nitriles is 1. The summed E-state index contributed by atoms with van der Waals surface area (Å²) < 4.78 is -1.61. The maximum atomic E-state index is 13.2. The summed E-state index contributed by atoms with van der Waals surface area (Å²) in [4.78, 5) is 27.4. The first-order valence-electron chi connectivity index (χ1n) is 9.67. The van der Waals surface area contributed by atoms with Crippen molar-refractivity contribution in [2.45, 2.75) is 34.5 Å². The second-order valence-electron chi connectivity index (χ2n) is 7.95. The van der Waals surface area contributed by atoms with E-state index >= 15 is 0 Å². The van der Waals surface area contributed by atoms with Crippen LogP contribution in [0.25, 0.3) is 0 Å². The van der Waals surface area contributed by atoms with Gasteiger partial charge in [-0.05, 0) is 54.3 Å². The third-order valence-electron chi connectivity index (χ3n) is 5.99. The molecule has 166 valence electrons. The number of amides is 2. The number of rotatable bonds is 6. The first-order chi connectivity index (χ1) is 15.0. The van der Waals surface area contributed by atoms with E-state index in [0.29, 0.717) is 21.2 Å². The van der Waals surface area contributed by atoms with E-state index < -0.39 is 27.5 Å². The largest absolute Gasteiger partial charge is 0.369 e. The summed E-state index contributed by atoms with van der Waals surface area (Å²) in [6.07, 6.45) is 1.64. The minimum absolute atomic E-state index is 0.00519. The molecule has 4 rings (SSSR count). The number of carbonyl (C=O) groups is 2. The van der Waals surface area contributed by atoms with Gasteiger partial charge >= 0.3 is 0 Å². The third kappa shape index (κ3) is 3.63. The zero-order chi connectivity index (χ0) is 23.4. The summed E-state index contributed by atoms with van der Waals surface area (Å²) in [6.45, 7) is -0.0659. The molecule has 2 saturated carbocycles. The maximum Gasteiger partial charge on any atom is 0.256 e. The average Bonchev–Trinajstić information content (AvgIpc) is 3.60. The van der Waals surface area contributed by atoms with Crippen LogP contribution >= 0.6 is 58.0 Å². The molecule has 2 fully saturated rings. The van der Waals surface area contributed by atoms with E-state index in [1.807, 2.05) is 6.07 Å². The molecule has 0 bridgehead atoms. The Morgan fingerprint density at radius 1 is 1.09 bits per heavy atom. The molecule has 5 nitrogen and oxygen atoms in total. The highest BCUT2D eigenvalue weighted by Crippen LogP contribution is 2.74. The van der Waals surface area contributed by atoms with Gasteiger partial charge in [0.1, 0.15) is 16.3 Å². The number of hydrogen-bond donors (Lipinski definition) is 1. The third-order valence-corrected chi connectivity index (χ3v) is 7.79. The second kappa shape index (κ2) is 8.27. The van der Waals surface area contributed by atoms with Crippen molar-refractivity contribution in [1.29, 1.82) is 5.26 Å². The molecule has 2 atom stereocenters. The van der Waals surface area contributed by atoms with Crippen LogP contribution in [-0.4, -0.2) is 33.6 Å². The first-order valence-corrected chi connectivity index (χ1v) is 11.6. The minimum Gasteiger partial charge on any atom is -0.369 e. The summed E-state index contributed by atoms with van der Waals surface area (Å²) >= 11 is 31.9. The zero-order valence-corrected chi connectivity index (χ0v) is 20.2. The summed E-state index contributed by atoms with van der Waals surface area (Å²) in [6, 6.07) is 11.3. The Balaban J connectivity index is 1.82. The molecule has 0 saturated heterocycles. The van der Waals surface area contributed by atoms with Crippen molar-refractivity contribution in [2.75, 3.05) is 6.54 Å².